The van der Waals surface area contributed by atoms with Gasteiger partial charge in [0.05, 0.1) is 11.8 Å². The zero-order valence-electron chi connectivity index (χ0n) is 16.2. The first kappa shape index (κ1) is 22.4. The Morgan fingerprint density at radius 3 is 2.72 bits per heavy atom. The molecule has 0 aliphatic carbocycles. The first-order valence-corrected chi connectivity index (χ1v) is 13.1. The summed E-state index contributed by atoms with van der Waals surface area (Å²) in [5, 5.41) is 5.33. The summed E-state index contributed by atoms with van der Waals surface area (Å²) in [6.45, 7) is 0.896. The van der Waals surface area contributed by atoms with Gasteiger partial charge in [0.15, 0.2) is 0 Å². The molecule has 2 N–H and O–H groups in total. The van der Waals surface area contributed by atoms with Gasteiger partial charge in [-0.15, -0.1) is 0 Å². The number of unbranched alkanes of at least 4 members (excludes halogenated alkanes) is 1. The molecule has 9 heteroatoms. The minimum atomic E-state index is -0.361. The number of rotatable bonds is 11. The number of hydrogen-bond donors (Lipinski definition) is 2. The molecule has 1 aromatic carbocycles. The van der Waals surface area contributed by atoms with Gasteiger partial charge in [0.1, 0.15) is 12.4 Å². The number of thioether (sulfide) groups is 1. The van der Waals surface area contributed by atoms with Gasteiger partial charge in [-0.05, 0) is 43.4 Å². The van der Waals surface area contributed by atoms with Crippen molar-refractivity contribution in [2.75, 3.05) is 18.9 Å². The fraction of sp³-hybridized carbons (Fsp3) is 0.550. The van der Waals surface area contributed by atoms with Gasteiger partial charge >= 0.3 is 0 Å². The third-order valence-electron chi connectivity index (χ3n) is 4.71. The first-order chi connectivity index (χ1) is 14.1. The van der Waals surface area contributed by atoms with Gasteiger partial charge < -0.3 is 10.1 Å². The van der Waals surface area contributed by atoms with Crippen LogP contribution in [0.3, 0.4) is 0 Å². The summed E-state index contributed by atoms with van der Waals surface area (Å²) in [6, 6.07) is 7.48. The van der Waals surface area contributed by atoms with Gasteiger partial charge in [0, 0.05) is 17.4 Å². The zero-order valence-corrected chi connectivity index (χ0v) is 18.6. The average molecular weight is 455 g/mol. The van der Waals surface area contributed by atoms with Crippen LogP contribution in [-0.2, 0) is 16.0 Å². The van der Waals surface area contributed by atoms with E-state index < -0.39 is 0 Å². The van der Waals surface area contributed by atoms with Crippen LogP contribution in [0, 0.1) is 0 Å². The van der Waals surface area contributed by atoms with Crippen LogP contribution in [0.2, 0.25) is 0 Å². The summed E-state index contributed by atoms with van der Waals surface area (Å²) in [6.07, 6.45) is 5.66. The van der Waals surface area contributed by atoms with Crippen LogP contribution in [0.15, 0.2) is 24.3 Å². The van der Waals surface area contributed by atoms with Crippen LogP contribution < -0.4 is 15.4 Å². The van der Waals surface area contributed by atoms with Crippen LogP contribution in [-0.4, -0.2) is 46.5 Å². The van der Waals surface area contributed by atoms with E-state index in [9.17, 15) is 14.4 Å². The van der Waals surface area contributed by atoms with Crippen LogP contribution in [0.4, 0.5) is 4.79 Å². The quantitative estimate of drug-likeness (QED) is 0.389. The molecule has 3 rings (SSSR count). The van der Waals surface area contributed by atoms with Gasteiger partial charge in [-0.25, -0.2) is 0 Å². The van der Waals surface area contributed by atoms with Crippen molar-refractivity contribution in [1.29, 1.82) is 0 Å². The lowest BCUT2D eigenvalue weighted by molar-refractivity contribution is -0.121. The van der Waals surface area contributed by atoms with Crippen LogP contribution >= 0.6 is 33.3 Å². The average Bonchev–Trinajstić information content (AvgIpc) is 3.33. The summed E-state index contributed by atoms with van der Waals surface area (Å²) < 4.78 is 5.65. The van der Waals surface area contributed by atoms with Crippen molar-refractivity contribution in [2.45, 2.75) is 49.0 Å². The standard InChI is InChI=1S/C20H26N2O4S3/c23-18(4-2-1-3-16-9-12-27-29-16)21-10-11-26-15-7-5-14(6-8-15)13-17-19(24)22-20(25)28-17/h5-8,16-17H,1-4,9-13H2,(H,21,23)(H,22,24,25). The van der Waals surface area contributed by atoms with Crippen molar-refractivity contribution in [1.82, 2.24) is 10.6 Å². The van der Waals surface area contributed by atoms with E-state index in [0.717, 1.165) is 41.2 Å². The highest BCUT2D eigenvalue weighted by Crippen LogP contribution is 2.39. The fourth-order valence-electron chi connectivity index (χ4n) is 3.13. The molecule has 2 atom stereocenters. The molecule has 29 heavy (non-hydrogen) atoms. The van der Waals surface area contributed by atoms with Crippen LogP contribution in [0.25, 0.3) is 0 Å². The van der Waals surface area contributed by atoms with E-state index in [1.807, 2.05) is 45.9 Å². The molecule has 158 valence electrons. The van der Waals surface area contributed by atoms with Gasteiger partial charge in [-0.1, -0.05) is 51.9 Å². The number of benzene rings is 1. The van der Waals surface area contributed by atoms with Crippen molar-refractivity contribution in [3.63, 3.8) is 0 Å². The van der Waals surface area contributed by atoms with E-state index in [4.69, 9.17) is 4.74 Å². The summed E-state index contributed by atoms with van der Waals surface area (Å²) in [5.41, 5.74) is 0.975. The van der Waals surface area contributed by atoms with Gasteiger partial charge in [0.25, 0.3) is 5.24 Å². The first-order valence-electron chi connectivity index (χ1n) is 9.88. The molecule has 2 fully saturated rings. The Labute approximate surface area is 183 Å². The number of carbonyl (C=O) groups excluding carboxylic acids is 3. The Morgan fingerprint density at radius 2 is 2.03 bits per heavy atom. The molecule has 2 saturated heterocycles. The summed E-state index contributed by atoms with van der Waals surface area (Å²) in [7, 11) is 3.95. The SMILES string of the molecule is O=C(CCCCC1CCSS1)NCCOc1ccc(CC2SC(=O)NC2=O)cc1. The van der Waals surface area contributed by atoms with E-state index in [0.29, 0.717) is 26.0 Å². The topological polar surface area (TPSA) is 84.5 Å². The predicted octanol–water partition coefficient (Wildman–Crippen LogP) is 3.79. The summed E-state index contributed by atoms with van der Waals surface area (Å²) in [5.74, 6) is 1.83. The van der Waals surface area contributed by atoms with Gasteiger partial charge in [-0.2, -0.15) is 0 Å². The minimum Gasteiger partial charge on any atom is -0.492 e. The predicted molar refractivity (Wildman–Crippen MR) is 120 cm³/mol. The van der Waals surface area contributed by atoms with Gasteiger partial charge in [-0.3, -0.25) is 19.7 Å². The van der Waals surface area contributed by atoms with Crippen molar-refractivity contribution in [2.24, 2.45) is 0 Å². The second kappa shape index (κ2) is 11.8. The molecule has 2 unspecified atom stereocenters. The van der Waals surface area contributed by atoms with Crippen molar-refractivity contribution >= 4 is 50.4 Å². The number of nitrogens with one attached hydrogen (secondary N) is 2. The normalized spacial score (nSPS) is 21.2. The largest absolute Gasteiger partial charge is 0.492 e. The number of imide groups is 1. The highest BCUT2D eigenvalue weighted by Gasteiger charge is 2.31. The number of carbonyl (C=O) groups is 3. The van der Waals surface area contributed by atoms with E-state index in [1.54, 1.807) is 0 Å². The van der Waals surface area contributed by atoms with E-state index in [1.165, 1.54) is 18.6 Å². The van der Waals surface area contributed by atoms with Crippen molar-refractivity contribution < 1.29 is 19.1 Å². The molecule has 2 aliphatic rings. The number of hydrogen-bond acceptors (Lipinski definition) is 7. The third kappa shape index (κ3) is 7.79. The Hall–Kier alpha value is -1.32. The lowest BCUT2D eigenvalue weighted by Gasteiger charge is -2.10. The molecule has 0 spiro atoms. The maximum atomic E-state index is 11.9. The van der Waals surface area contributed by atoms with Crippen molar-refractivity contribution in [3.8, 4) is 5.75 Å². The monoisotopic (exact) mass is 454 g/mol. The third-order valence-corrected chi connectivity index (χ3v) is 8.70. The zero-order chi connectivity index (χ0) is 20.5. The Morgan fingerprint density at radius 1 is 1.21 bits per heavy atom. The molecular formula is C20H26N2O4S3. The molecule has 3 amide bonds. The lowest BCUT2D eigenvalue weighted by atomic mass is 10.1. The molecule has 0 bridgehead atoms. The van der Waals surface area contributed by atoms with E-state index in [2.05, 4.69) is 10.6 Å². The minimum absolute atomic E-state index is 0.0827. The smallest absolute Gasteiger partial charge is 0.286 e. The second-order valence-electron chi connectivity index (χ2n) is 7.00. The Bertz CT molecular complexity index is 708. The number of amides is 3. The van der Waals surface area contributed by atoms with Crippen molar-refractivity contribution in [3.05, 3.63) is 29.8 Å². The number of ether oxygens (including phenoxy) is 1. The maximum Gasteiger partial charge on any atom is 0.286 e. The molecule has 0 aromatic heterocycles. The molecule has 0 saturated carbocycles. The van der Waals surface area contributed by atoms with Crippen LogP contribution in [0.5, 0.6) is 5.75 Å². The Balaban J connectivity index is 1.25. The highest BCUT2D eigenvalue weighted by atomic mass is 33.1. The molecule has 1 aromatic rings. The molecule has 2 heterocycles. The lowest BCUT2D eigenvalue weighted by Crippen LogP contribution is -2.27. The second-order valence-corrected chi connectivity index (χ2v) is 11.0. The molecule has 2 aliphatic heterocycles. The summed E-state index contributed by atoms with van der Waals surface area (Å²) in [4.78, 5) is 34.7. The Kier molecular flexibility index (Phi) is 9.07. The molecular weight excluding hydrogens is 428 g/mol. The summed E-state index contributed by atoms with van der Waals surface area (Å²) >= 11 is 1.03. The maximum absolute atomic E-state index is 11.9. The van der Waals surface area contributed by atoms with E-state index >= 15 is 0 Å². The molecule has 6 nitrogen and oxygen atoms in total. The van der Waals surface area contributed by atoms with Crippen LogP contribution in [0.1, 0.15) is 37.7 Å². The fourth-order valence-corrected chi connectivity index (χ4v) is 7.02. The van der Waals surface area contributed by atoms with E-state index in [-0.39, 0.29) is 22.3 Å². The highest BCUT2D eigenvalue weighted by molar-refractivity contribution is 8.77. The molecule has 0 radical (unpaired) electrons. The van der Waals surface area contributed by atoms with Gasteiger partial charge in [0.2, 0.25) is 11.8 Å².